The number of benzene rings is 2. The molecule has 0 aliphatic rings. The van der Waals surface area contributed by atoms with Gasteiger partial charge in [-0.2, -0.15) is 0 Å². The summed E-state index contributed by atoms with van der Waals surface area (Å²) in [5, 5.41) is 17.1. The summed E-state index contributed by atoms with van der Waals surface area (Å²) in [6, 6.07) is 8.46. The van der Waals surface area contributed by atoms with E-state index in [0.717, 1.165) is 29.6 Å². The van der Waals surface area contributed by atoms with Gasteiger partial charge < -0.3 is 10.6 Å². The minimum absolute atomic E-state index is 0.0475. The molecular weight excluding hydrogens is 356 g/mol. The molecule has 0 spiro atoms. The normalized spacial score (nSPS) is 10.5. The Morgan fingerprint density at radius 3 is 2.26 bits per heavy atom. The van der Waals surface area contributed by atoms with Crippen molar-refractivity contribution in [1.82, 2.24) is 9.97 Å². The van der Waals surface area contributed by atoms with Crippen molar-refractivity contribution in [3.05, 3.63) is 75.6 Å². The minimum Gasteiger partial charge on any atom is -0.334 e. The summed E-state index contributed by atoms with van der Waals surface area (Å²) in [6.07, 6.45) is 1.12. The zero-order chi connectivity index (χ0) is 19.6. The smallest absolute Gasteiger partial charge is 0.334 e. The van der Waals surface area contributed by atoms with E-state index in [1.165, 1.54) is 0 Å². The number of aryl methyl sites for hydroxylation is 2. The Hall–Kier alpha value is -3.62. The molecular formula is C18H15F2N5O2. The fourth-order valence-corrected chi connectivity index (χ4v) is 2.45. The molecule has 2 aromatic carbocycles. The van der Waals surface area contributed by atoms with Crippen LogP contribution in [0.1, 0.15) is 11.1 Å². The molecule has 0 fully saturated rings. The number of hydrogen-bond donors (Lipinski definition) is 2. The number of aromatic nitrogens is 2. The molecule has 0 aliphatic heterocycles. The van der Waals surface area contributed by atoms with E-state index in [9.17, 15) is 18.9 Å². The Kier molecular flexibility index (Phi) is 4.93. The molecule has 138 valence electrons. The van der Waals surface area contributed by atoms with Crippen molar-refractivity contribution in [2.75, 3.05) is 10.6 Å². The lowest BCUT2D eigenvalue weighted by Gasteiger charge is -2.12. The Balaban J connectivity index is 2.02. The summed E-state index contributed by atoms with van der Waals surface area (Å²) in [7, 11) is 0. The Labute approximate surface area is 153 Å². The molecule has 0 aliphatic carbocycles. The van der Waals surface area contributed by atoms with Crippen LogP contribution >= 0.6 is 0 Å². The third-order valence-electron chi connectivity index (χ3n) is 3.84. The molecule has 3 aromatic rings. The predicted octanol–water partition coefficient (Wildman–Crippen LogP) is 4.77. The molecule has 1 heterocycles. The standard InChI is InChI=1S/C18H15F2N5O2/c1-10-3-4-11(2)15(7-10)24-18-16(25(26)27)17(21-9-22-18)23-14-6-5-12(19)8-13(14)20/h3-9H,1-2H3,(H2,21,22,23,24). The molecule has 0 saturated carbocycles. The molecule has 0 radical (unpaired) electrons. The first-order chi connectivity index (χ1) is 12.8. The molecule has 0 amide bonds. The van der Waals surface area contributed by atoms with E-state index in [-0.39, 0.29) is 17.3 Å². The topological polar surface area (TPSA) is 93.0 Å². The van der Waals surface area contributed by atoms with Gasteiger partial charge in [0.2, 0.25) is 11.6 Å². The second-order valence-electron chi connectivity index (χ2n) is 5.87. The fraction of sp³-hybridized carbons (Fsp3) is 0.111. The molecule has 3 rings (SSSR count). The van der Waals surface area contributed by atoms with Crippen molar-refractivity contribution in [3.8, 4) is 0 Å². The minimum atomic E-state index is -0.896. The quantitative estimate of drug-likeness (QED) is 0.496. The van der Waals surface area contributed by atoms with Crippen LogP contribution in [0.4, 0.5) is 37.5 Å². The average molecular weight is 371 g/mol. The SMILES string of the molecule is Cc1ccc(C)c(Nc2ncnc(Nc3ccc(F)cc3F)c2[N+](=O)[O-])c1. The first kappa shape index (κ1) is 18.2. The Morgan fingerprint density at radius 1 is 0.963 bits per heavy atom. The molecule has 2 N–H and O–H groups in total. The largest absolute Gasteiger partial charge is 0.353 e. The summed E-state index contributed by atoms with van der Waals surface area (Å²) < 4.78 is 26.9. The highest BCUT2D eigenvalue weighted by molar-refractivity contribution is 5.77. The van der Waals surface area contributed by atoms with Crippen molar-refractivity contribution >= 4 is 28.7 Å². The molecule has 0 unspecified atom stereocenters. The molecule has 7 nitrogen and oxygen atoms in total. The number of hydrogen-bond acceptors (Lipinski definition) is 6. The van der Waals surface area contributed by atoms with Gasteiger partial charge in [0.1, 0.15) is 18.0 Å². The van der Waals surface area contributed by atoms with Crippen LogP contribution in [0.25, 0.3) is 0 Å². The van der Waals surface area contributed by atoms with Crippen LogP contribution in [0.5, 0.6) is 0 Å². The summed E-state index contributed by atoms with van der Waals surface area (Å²) in [5.74, 6) is -1.92. The maximum Gasteiger partial charge on any atom is 0.353 e. The van der Waals surface area contributed by atoms with E-state index in [0.29, 0.717) is 11.8 Å². The molecule has 0 atom stereocenters. The van der Waals surface area contributed by atoms with Crippen LogP contribution < -0.4 is 10.6 Å². The maximum absolute atomic E-state index is 13.9. The lowest BCUT2D eigenvalue weighted by Crippen LogP contribution is -2.07. The van der Waals surface area contributed by atoms with E-state index in [1.54, 1.807) is 0 Å². The average Bonchev–Trinajstić information content (AvgIpc) is 2.60. The van der Waals surface area contributed by atoms with Gasteiger partial charge >= 0.3 is 5.69 Å². The summed E-state index contributed by atoms with van der Waals surface area (Å²) in [5.41, 5.74) is 1.88. The molecule has 9 heteroatoms. The lowest BCUT2D eigenvalue weighted by atomic mass is 10.1. The van der Waals surface area contributed by atoms with Crippen LogP contribution in [0.3, 0.4) is 0 Å². The van der Waals surface area contributed by atoms with Gasteiger partial charge in [0.25, 0.3) is 0 Å². The highest BCUT2D eigenvalue weighted by Crippen LogP contribution is 2.34. The van der Waals surface area contributed by atoms with Crippen LogP contribution in [-0.2, 0) is 0 Å². The van der Waals surface area contributed by atoms with Gasteiger partial charge in [0, 0.05) is 11.8 Å². The summed E-state index contributed by atoms with van der Waals surface area (Å²) in [4.78, 5) is 18.7. The van der Waals surface area contributed by atoms with Crippen molar-refractivity contribution in [3.63, 3.8) is 0 Å². The van der Waals surface area contributed by atoms with Crippen molar-refractivity contribution in [2.24, 2.45) is 0 Å². The van der Waals surface area contributed by atoms with Gasteiger partial charge in [-0.25, -0.2) is 18.7 Å². The molecule has 0 saturated heterocycles. The van der Waals surface area contributed by atoms with E-state index in [1.807, 2.05) is 32.0 Å². The monoisotopic (exact) mass is 371 g/mol. The van der Waals surface area contributed by atoms with Gasteiger partial charge in [0.05, 0.1) is 10.6 Å². The fourth-order valence-electron chi connectivity index (χ4n) is 2.45. The van der Waals surface area contributed by atoms with E-state index >= 15 is 0 Å². The molecule has 27 heavy (non-hydrogen) atoms. The van der Waals surface area contributed by atoms with Crippen LogP contribution in [-0.4, -0.2) is 14.9 Å². The van der Waals surface area contributed by atoms with Crippen molar-refractivity contribution < 1.29 is 13.7 Å². The highest BCUT2D eigenvalue weighted by atomic mass is 19.1. The second kappa shape index (κ2) is 7.32. The lowest BCUT2D eigenvalue weighted by molar-refractivity contribution is -0.383. The molecule has 0 bridgehead atoms. The van der Waals surface area contributed by atoms with Gasteiger partial charge in [-0.05, 0) is 43.2 Å². The number of rotatable bonds is 5. The van der Waals surface area contributed by atoms with E-state index in [4.69, 9.17) is 0 Å². The molecule has 1 aromatic heterocycles. The summed E-state index contributed by atoms with van der Waals surface area (Å²) >= 11 is 0. The van der Waals surface area contributed by atoms with Gasteiger partial charge in [-0.1, -0.05) is 12.1 Å². The van der Waals surface area contributed by atoms with Gasteiger partial charge in [-0.3, -0.25) is 10.1 Å². The van der Waals surface area contributed by atoms with Crippen molar-refractivity contribution in [2.45, 2.75) is 13.8 Å². The van der Waals surface area contributed by atoms with Crippen molar-refractivity contribution in [1.29, 1.82) is 0 Å². The zero-order valence-corrected chi connectivity index (χ0v) is 14.5. The maximum atomic E-state index is 13.9. The third-order valence-corrected chi connectivity index (χ3v) is 3.84. The second-order valence-corrected chi connectivity index (χ2v) is 5.87. The third kappa shape index (κ3) is 3.97. The van der Waals surface area contributed by atoms with Crippen LogP contribution in [0, 0.1) is 35.6 Å². The van der Waals surface area contributed by atoms with Gasteiger partial charge in [0.15, 0.2) is 0 Å². The van der Waals surface area contributed by atoms with Gasteiger partial charge in [-0.15, -0.1) is 0 Å². The Morgan fingerprint density at radius 2 is 1.63 bits per heavy atom. The summed E-state index contributed by atoms with van der Waals surface area (Å²) in [6.45, 7) is 3.74. The number of halogens is 2. The van der Waals surface area contributed by atoms with E-state index < -0.39 is 22.2 Å². The Bertz CT molecular complexity index is 1030. The number of nitro groups is 1. The van der Waals surface area contributed by atoms with E-state index in [2.05, 4.69) is 20.6 Å². The first-order valence-corrected chi connectivity index (χ1v) is 7.91. The number of anilines is 4. The predicted molar refractivity (Wildman–Crippen MR) is 97.5 cm³/mol. The number of nitrogens with zero attached hydrogens (tertiary/aromatic N) is 3. The zero-order valence-electron chi connectivity index (χ0n) is 14.5. The highest BCUT2D eigenvalue weighted by Gasteiger charge is 2.24. The van der Waals surface area contributed by atoms with Crippen LogP contribution in [0.15, 0.2) is 42.7 Å². The van der Waals surface area contributed by atoms with Crippen LogP contribution in [0.2, 0.25) is 0 Å². The first-order valence-electron chi connectivity index (χ1n) is 7.91. The number of nitrogens with one attached hydrogen (secondary N) is 2.